The molecule has 0 saturated carbocycles. The Labute approximate surface area is 178 Å². The minimum Gasteiger partial charge on any atom is -0.493 e. The summed E-state index contributed by atoms with van der Waals surface area (Å²) in [5.41, 5.74) is 1.46. The summed E-state index contributed by atoms with van der Waals surface area (Å²) in [5.74, 6) is -1.07. The van der Waals surface area contributed by atoms with Crippen LogP contribution < -0.4 is 20.1 Å². The normalized spacial score (nSPS) is 18.0. The van der Waals surface area contributed by atoms with Gasteiger partial charge in [0.25, 0.3) is 11.8 Å². The summed E-state index contributed by atoms with van der Waals surface area (Å²) in [6.07, 6.45) is 0.177. The first-order chi connectivity index (χ1) is 14.9. The number of fused-ring (bicyclic) bond motifs is 1. The van der Waals surface area contributed by atoms with Crippen LogP contribution in [0.2, 0.25) is 0 Å². The highest BCUT2D eigenvalue weighted by atomic mass is 16.5. The van der Waals surface area contributed by atoms with E-state index in [0.717, 1.165) is 4.90 Å². The largest absolute Gasteiger partial charge is 0.493 e. The molecule has 9 nitrogen and oxygen atoms in total. The van der Waals surface area contributed by atoms with Crippen LogP contribution in [0.15, 0.2) is 36.4 Å². The highest BCUT2D eigenvalue weighted by molar-refractivity contribution is 6.25. The zero-order chi connectivity index (χ0) is 22.1. The van der Waals surface area contributed by atoms with Gasteiger partial charge in [-0.1, -0.05) is 6.07 Å². The van der Waals surface area contributed by atoms with Crippen LogP contribution in [0.5, 0.6) is 11.5 Å². The summed E-state index contributed by atoms with van der Waals surface area (Å²) in [6.45, 7) is 2.31. The Morgan fingerprint density at radius 2 is 1.90 bits per heavy atom. The van der Waals surface area contributed by atoms with Crippen LogP contribution >= 0.6 is 0 Å². The van der Waals surface area contributed by atoms with Gasteiger partial charge in [-0.15, -0.1) is 0 Å². The molecule has 0 aromatic heterocycles. The number of benzene rings is 2. The van der Waals surface area contributed by atoms with Crippen LogP contribution in [0.25, 0.3) is 0 Å². The fraction of sp³-hybridized carbons (Fsp3) is 0.273. The Kier molecular flexibility index (Phi) is 5.33. The summed E-state index contributed by atoms with van der Waals surface area (Å²) >= 11 is 0. The predicted molar refractivity (Wildman–Crippen MR) is 111 cm³/mol. The molecule has 160 valence electrons. The maximum Gasteiger partial charge on any atom is 0.264 e. The Morgan fingerprint density at radius 3 is 2.61 bits per heavy atom. The molecule has 2 heterocycles. The highest BCUT2D eigenvalue weighted by Gasteiger charge is 2.45. The fourth-order valence-corrected chi connectivity index (χ4v) is 3.80. The third kappa shape index (κ3) is 3.58. The number of imide groups is 2. The van der Waals surface area contributed by atoms with Gasteiger partial charge in [0.05, 0.1) is 30.5 Å². The van der Waals surface area contributed by atoms with Crippen molar-refractivity contribution >= 4 is 35.0 Å². The number of hydrogen-bond acceptors (Lipinski definition) is 7. The molecule has 0 bridgehead atoms. The van der Waals surface area contributed by atoms with Gasteiger partial charge in [-0.3, -0.25) is 29.4 Å². The van der Waals surface area contributed by atoms with E-state index in [2.05, 4.69) is 10.6 Å². The molecule has 0 radical (unpaired) electrons. The quantitative estimate of drug-likeness (QED) is 0.685. The van der Waals surface area contributed by atoms with Crippen LogP contribution in [-0.2, 0) is 9.59 Å². The van der Waals surface area contributed by atoms with Crippen LogP contribution in [-0.4, -0.2) is 48.3 Å². The number of carbonyl (C=O) groups excluding carboxylic acids is 4. The lowest BCUT2D eigenvalue weighted by atomic mass is 10.0. The third-order valence-electron chi connectivity index (χ3n) is 5.21. The van der Waals surface area contributed by atoms with Crippen molar-refractivity contribution in [3.05, 3.63) is 47.5 Å². The molecule has 2 N–H and O–H groups in total. The predicted octanol–water partition coefficient (Wildman–Crippen LogP) is 2.24. The maximum atomic E-state index is 13.2. The zero-order valence-corrected chi connectivity index (χ0v) is 17.1. The lowest BCUT2D eigenvalue weighted by Gasteiger charge is -2.27. The van der Waals surface area contributed by atoms with E-state index < -0.39 is 29.7 Å². The van der Waals surface area contributed by atoms with Crippen molar-refractivity contribution in [1.82, 2.24) is 10.2 Å². The van der Waals surface area contributed by atoms with Gasteiger partial charge in [0.1, 0.15) is 6.04 Å². The van der Waals surface area contributed by atoms with E-state index in [-0.39, 0.29) is 24.0 Å². The van der Waals surface area contributed by atoms with Gasteiger partial charge in [-0.25, -0.2) is 0 Å². The van der Waals surface area contributed by atoms with E-state index in [1.807, 2.05) is 6.92 Å². The first kappa shape index (κ1) is 20.4. The van der Waals surface area contributed by atoms with Gasteiger partial charge < -0.3 is 14.8 Å². The number of piperidine rings is 1. The zero-order valence-electron chi connectivity index (χ0n) is 17.1. The van der Waals surface area contributed by atoms with Gasteiger partial charge in [-0.05, 0) is 37.6 Å². The van der Waals surface area contributed by atoms with Crippen LogP contribution in [0, 0.1) is 0 Å². The Balaban J connectivity index is 1.66. The molecule has 4 amide bonds. The second kappa shape index (κ2) is 8.10. The summed E-state index contributed by atoms with van der Waals surface area (Å²) in [4.78, 5) is 50.7. The summed E-state index contributed by atoms with van der Waals surface area (Å²) in [6, 6.07) is 9.12. The van der Waals surface area contributed by atoms with Gasteiger partial charge in [0, 0.05) is 18.2 Å². The number of nitrogens with zero attached hydrogens (tertiary/aromatic N) is 1. The van der Waals surface area contributed by atoms with Crippen LogP contribution in [0.1, 0.15) is 40.5 Å². The number of nitrogens with one attached hydrogen (secondary N) is 2. The third-order valence-corrected chi connectivity index (χ3v) is 5.21. The lowest BCUT2D eigenvalue weighted by molar-refractivity contribution is -0.136. The number of rotatable bonds is 6. The van der Waals surface area contributed by atoms with Crippen molar-refractivity contribution in [1.29, 1.82) is 0 Å². The first-order valence-corrected chi connectivity index (χ1v) is 9.87. The second-order valence-electron chi connectivity index (χ2n) is 7.10. The average Bonchev–Trinajstić information content (AvgIpc) is 3.00. The molecule has 2 aliphatic heterocycles. The Hall–Kier alpha value is -3.88. The molecular weight excluding hydrogens is 402 g/mol. The van der Waals surface area contributed by atoms with Crippen molar-refractivity contribution < 1.29 is 28.7 Å². The van der Waals surface area contributed by atoms with E-state index in [4.69, 9.17) is 9.47 Å². The van der Waals surface area contributed by atoms with E-state index in [9.17, 15) is 19.2 Å². The highest BCUT2D eigenvalue weighted by Crippen LogP contribution is 2.36. The van der Waals surface area contributed by atoms with Crippen LogP contribution in [0.4, 0.5) is 11.4 Å². The van der Waals surface area contributed by atoms with Crippen molar-refractivity contribution in [2.75, 3.05) is 19.0 Å². The fourth-order valence-electron chi connectivity index (χ4n) is 3.80. The number of hydrogen-bond donors (Lipinski definition) is 2. The smallest absolute Gasteiger partial charge is 0.264 e. The van der Waals surface area contributed by atoms with Crippen LogP contribution in [0.3, 0.4) is 0 Å². The Morgan fingerprint density at radius 1 is 1.10 bits per heavy atom. The van der Waals surface area contributed by atoms with Crippen molar-refractivity contribution in [3.63, 3.8) is 0 Å². The van der Waals surface area contributed by atoms with Gasteiger partial charge in [0.2, 0.25) is 11.8 Å². The molecule has 2 aliphatic rings. The number of ether oxygens (including phenoxy) is 2. The van der Waals surface area contributed by atoms with Gasteiger partial charge in [0.15, 0.2) is 11.5 Å². The molecule has 1 saturated heterocycles. The molecule has 0 spiro atoms. The molecule has 2 aromatic carbocycles. The van der Waals surface area contributed by atoms with Crippen molar-refractivity contribution in [2.45, 2.75) is 25.8 Å². The monoisotopic (exact) mass is 423 g/mol. The number of methoxy groups -OCH3 is 1. The molecule has 9 heteroatoms. The average molecular weight is 423 g/mol. The molecule has 31 heavy (non-hydrogen) atoms. The van der Waals surface area contributed by atoms with E-state index in [0.29, 0.717) is 29.5 Å². The number of carbonyl (C=O) groups is 4. The first-order valence-electron chi connectivity index (χ1n) is 9.87. The summed E-state index contributed by atoms with van der Waals surface area (Å²) in [7, 11) is 1.54. The lowest BCUT2D eigenvalue weighted by Crippen LogP contribution is -2.54. The molecule has 2 aromatic rings. The second-order valence-corrected chi connectivity index (χ2v) is 7.10. The van der Waals surface area contributed by atoms with Gasteiger partial charge >= 0.3 is 0 Å². The van der Waals surface area contributed by atoms with Crippen molar-refractivity contribution in [3.8, 4) is 11.5 Å². The van der Waals surface area contributed by atoms with E-state index >= 15 is 0 Å². The van der Waals surface area contributed by atoms with E-state index in [1.54, 1.807) is 43.5 Å². The maximum absolute atomic E-state index is 13.2. The number of anilines is 2. The molecular formula is C22H21N3O6. The summed E-state index contributed by atoms with van der Waals surface area (Å²) < 4.78 is 10.9. The van der Waals surface area contributed by atoms with Crippen molar-refractivity contribution in [2.24, 2.45) is 0 Å². The molecule has 0 aliphatic carbocycles. The molecule has 1 unspecified atom stereocenters. The number of amides is 4. The topological polar surface area (TPSA) is 114 Å². The van der Waals surface area contributed by atoms with Gasteiger partial charge in [-0.2, -0.15) is 0 Å². The van der Waals surface area contributed by atoms with E-state index in [1.165, 1.54) is 0 Å². The SMILES string of the molecule is CCOc1cc(Nc2cccc3c2C(=O)N(C2CCC(=O)NC2=O)C3=O)ccc1OC. The minimum absolute atomic E-state index is 0.0704. The standard InChI is InChI=1S/C22H21N3O6/c1-3-31-17-11-12(7-9-16(17)30-2)23-14-6-4-5-13-19(14)22(29)25(21(13)28)15-8-10-18(26)24-20(15)27/h4-7,9,11,15,23H,3,8,10H2,1-2H3,(H,24,26,27). The Bertz CT molecular complexity index is 1100. The molecule has 1 fully saturated rings. The summed E-state index contributed by atoms with van der Waals surface area (Å²) in [5, 5.41) is 5.35. The molecule has 4 rings (SSSR count). The minimum atomic E-state index is -1.01. The molecule has 1 atom stereocenters.